The van der Waals surface area contributed by atoms with Gasteiger partial charge in [0.1, 0.15) is 11.5 Å². The van der Waals surface area contributed by atoms with Crippen LogP contribution in [0.2, 0.25) is 0 Å². The summed E-state index contributed by atoms with van der Waals surface area (Å²) in [5.74, 6) is -0.256. The zero-order valence-corrected chi connectivity index (χ0v) is 13.0. The molecule has 2 N–H and O–H groups in total. The summed E-state index contributed by atoms with van der Waals surface area (Å²) in [6.45, 7) is 1.84. The van der Waals surface area contributed by atoms with Crippen molar-refractivity contribution in [2.45, 2.75) is 6.92 Å². The molecule has 0 bridgehead atoms. The van der Waals surface area contributed by atoms with Crippen molar-refractivity contribution in [2.24, 2.45) is 0 Å². The number of hydrogen-bond donors (Lipinski definition) is 1. The van der Waals surface area contributed by atoms with Crippen molar-refractivity contribution in [3.05, 3.63) is 51.7 Å². The van der Waals surface area contributed by atoms with Crippen molar-refractivity contribution in [3.63, 3.8) is 0 Å². The Morgan fingerprint density at radius 1 is 1.35 bits per heavy atom. The Bertz CT molecular complexity index is 779. The van der Waals surface area contributed by atoms with E-state index in [9.17, 15) is 4.39 Å². The number of nitrogens with zero attached hydrogens (tertiary/aromatic N) is 2. The summed E-state index contributed by atoms with van der Waals surface area (Å²) in [5, 5.41) is 6.50. The van der Waals surface area contributed by atoms with Crippen molar-refractivity contribution in [1.82, 2.24) is 9.78 Å². The summed E-state index contributed by atoms with van der Waals surface area (Å²) in [6.07, 6.45) is 1.75. The second-order valence-corrected chi connectivity index (χ2v) is 6.26. The van der Waals surface area contributed by atoms with E-state index in [2.05, 4.69) is 21.0 Å². The Labute approximate surface area is 128 Å². The van der Waals surface area contributed by atoms with Crippen LogP contribution in [0.5, 0.6) is 0 Å². The molecule has 0 fully saturated rings. The minimum atomic E-state index is -0.256. The topological polar surface area (TPSA) is 43.8 Å². The van der Waals surface area contributed by atoms with Crippen LogP contribution in [0.4, 0.5) is 10.1 Å². The Kier molecular flexibility index (Phi) is 3.35. The predicted molar refractivity (Wildman–Crippen MR) is 83.7 cm³/mol. The number of thiophene rings is 1. The smallest absolute Gasteiger partial charge is 0.126 e. The quantitative estimate of drug-likeness (QED) is 0.743. The van der Waals surface area contributed by atoms with Crippen molar-refractivity contribution < 1.29 is 4.39 Å². The molecule has 0 amide bonds. The van der Waals surface area contributed by atoms with Crippen LogP contribution in [0.3, 0.4) is 0 Å². The lowest BCUT2D eigenvalue weighted by Crippen LogP contribution is -1.98. The number of aryl methyl sites for hydroxylation is 1. The first kappa shape index (κ1) is 13.3. The number of nitrogens with two attached hydrogens (primary N) is 1. The zero-order chi connectivity index (χ0) is 14.3. The molecular formula is C14H11BrFN3S. The first-order valence-corrected chi connectivity index (χ1v) is 7.58. The molecule has 0 spiro atoms. The third kappa shape index (κ3) is 2.36. The first-order valence-electron chi connectivity index (χ1n) is 5.90. The van der Waals surface area contributed by atoms with Gasteiger partial charge in [0, 0.05) is 9.85 Å². The fourth-order valence-electron chi connectivity index (χ4n) is 2.02. The third-order valence-corrected chi connectivity index (χ3v) is 4.65. The van der Waals surface area contributed by atoms with Gasteiger partial charge >= 0.3 is 0 Å². The summed E-state index contributed by atoms with van der Waals surface area (Å²) >= 11 is 4.99. The van der Waals surface area contributed by atoms with Gasteiger partial charge in [-0.25, -0.2) is 9.07 Å². The molecule has 0 aliphatic rings. The normalized spacial score (nSPS) is 10.9. The molecule has 3 aromatic rings. The van der Waals surface area contributed by atoms with E-state index >= 15 is 0 Å². The Hall–Kier alpha value is -1.66. The number of nitrogen functional groups attached to an aromatic ring is 1. The monoisotopic (exact) mass is 351 g/mol. The predicted octanol–water partition coefficient (Wildman–Crippen LogP) is 4.39. The van der Waals surface area contributed by atoms with Crippen LogP contribution >= 0.6 is 27.3 Å². The molecule has 102 valence electrons. The molecular weight excluding hydrogens is 341 g/mol. The van der Waals surface area contributed by atoms with Gasteiger partial charge in [-0.15, -0.1) is 11.3 Å². The van der Waals surface area contributed by atoms with E-state index in [1.807, 2.05) is 18.4 Å². The van der Waals surface area contributed by atoms with Gasteiger partial charge in [-0.2, -0.15) is 5.10 Å². The second kappa shape index (κ2) is 5.03. The highest BCUT2D eigenvalue weighted by atomic mass is 79.9. The van der Waals surface area contributed by atoms with E-state index in [1.54, 1.807) is 28.3 Å². The van der Waals surface area contributed by atoms with Crippen molar-refractivity contribution in [1.29, 1.82) is 0 Å². The molecule has 2 aromatic heterocycles. The summed E-state index contributed by atoms with van der Waals surface area (Å²) in [5.41, 5.74) is 9.01. The average Bonchev–Trinajstić information content (AvgIpc) is 2.95. The van der Waals surface area contributed by atoms with Crippen molar-refractivity contribution >= 4 is 33.0 Å². The Balaban J connectivity index is 2.08. The van der Waals surface area contributed by atoms with Gasteiger partial charge < -0.3 is 5.73 Å². The van der Waals surface area contributed by atoms with E-state index in [0.717, 1.165) is 26.3 Å². The Morgan fingerprint density at radius 3 is 2.80 bits per heavy atom. The maximum atomic E-state index is 13.2. The van der Waals surface area contributed by atoms with Crippen molar-refractivity contribution in [2.75, 3.05) is 5.73 Å². The van der Waals surface area contributed by atoms with E-state index < -0.39 is 0 Å². The minimum absolute atomic E-state index is 0.256. The van der Waals surface area contributed by atoms with Crippen LogP contribution in [0, 0.1) is 12.7 Å². The highest BCUT2D eigenvalue weighted by molar-refractivity contribution is 9.10. The number of rotatable bonds is 2. The molecule has 0 atom stereocenters. The van der Waals surface area contributed by atoms with E-state index in [-0.39, 0.29) is 5.82 Å². The molecule has 0 radical (unpaired) electrons. The lowest BCUT2D eigenvalue weighted by molar-refractivity contribution is 0.625. The highest BCUT2D eigenvalue weighted by Crippen LogP contribution is 2.33. The summed E-state index contributed by atoms with van der Waals surface area (Å²) < 4.78 is 15.8. The molecule has 6 heteroatoms. The highest BCUT2D eigenvalue weighted by Gasteiger charge is 2.13. The fourth-order valence-corrected chi connectivity index (χ4v) is 3.45. The van der Waals surface area contributed by atoms with Gasteiger partial charge in [-0.05, 0) is 52.7 Å². The van der Waals surface area contributed by atoms with Crippen LogP contribution in [0.25, 0.3) is 16.3 Å². The maximum Gasteiger partial charge on any atom is 0.126 e. The molecule has 0 aliphatic heterocycles. The first-order chi connectivity index (χ1) is 9.54. The standard InChI is InChI=1S/C14H11BrFN3S/c1-8-4-10(16)2-3-12(8)19-6-11(17)14(18-19)13-5-9(15)7-20-13/h2-7H,17H2,1H3. The molecule has 1 aromatic carbocycles. The van der Waals surface area contributed by atoms with Gasteiger partial charge in [0.05, 0.1) is 22.4 Å². The molecule has 2 heterocycles. The number of halogens is 2. The van der Waals surface area contributed by atoms with Gasteiger partial charge in [0.25, 0.3) is 0 Å². The molecule has 20 heavy (non-hydrogen) atoms. The lowest BCUT2D eigenvalue weighted by Gasteiger charge is -2.05. The third-order valence-electron chi connectivity index (χ3n) is 2.95. The Morgan fingerprint density at radius 2 is 2.15 bits per heavy atom. The zero-order valence-electron chi connectivity index (χ0n) is 10.6. The number of benzene rings is 1. The molecule has 0 saturated carbocycles. The van der Waals surface area contributed by atoms with Crippen LogP contribution in [0.1, 0.15) is 5.56 Å². The van der Waals surface area contributed by atoms with E-state index in [4.69, 9.17) is 5.73 Å². The maximum absolute atomic E-state index is 13.2. The lowest BCUT2D eigenvalue weighted by atomic mass is 10.2. The van der Waals surface area contributed by atoms with Crippen LogP contribution in [0.15, 0.2) is 40.3 Å². The second-order valence-electron chi connectivity index (χ2n) is 4.44. The molecule has 0 aliphatic carbocycles. The summed E-state index contributed by atoms with van der Waals surface area (Å²) in [6, 6.07) is 6.58. The summed E-state index contributed by atoms with van der Waals surface area (Å²) in [7, 11) is 0. The molecule has 3 rings (SSSR count). The number of anilines is 1. The molecule has 3 nitrogen and oxygen atoms in total. The van der Waals surface area contributed by atoms with Crippen LogP contribution in [-0.4, -0.2) is 9.78 Å². The number of hydrogen-bond acceptors (Lipinski definition) is 3. The van der Waals surface area contributed by atoms with Gasteiger partial charge in [0.15, 0.2) is 0 Å². The van der Waals surface area contributed by atoms with Gasteiger partial charge in [-0.1, -0.05) is 0 Å². The van der Waals surface area contributed by atoms with Gasteiger partial charge in [0.2, 0.25) is 0 Å². The van der Waals surface area contributed by atoms with Gasteiger partial charge in [-0.3, -0.25) is 0 Å². The van der Waals surface area contributed by atoms with E-state index in [1.165, 1.54) is 12.1 Å². The summed E-state index contributed by atoms with van der Waals surface area (Å²) in [4.78, 5) is 0.993. The van der Waals surface area contributed by atoms with E-state index in [0.29, 0.717) is 5.69 Å². The van der Waals surface area contributed by atoms with Crippen LogP contribution in [-0.2, 0) is 0 Å². The largest absolute Gasteiger partial charge is 0.396 e. The minimum Gasteiger partial charge on any atom is -0.396 e. The SMILES string of the molecule is Cc1cc(F)ccc1-n1cc(N)c(-c2cc(Br)cs2)n1. The number of aromatic nitrogens is 2. The molecule has 0 unspecified atom stereocenters. The molecule has 0 saturated heterocycles. The fraction of sp³-hybridized carbons (Fsp3) is 0.0714. The average molecular weight is 352 g/mol. The van der Waals surface area contributed by atoms with Crippen LogP contribution < -0.4 is 5.73 Å². The van der Waals surface area contributed by atoms with Crippen molar-refractivity contribution in [3.8, 4) is 16.3 Å².